The highest BCUT2D eigenvalue weighted by atomic mass is 16.1. The number of piperidine rings is 1. The van der Waals surface area contributed by atoms with Gasteiger partial charge in [-0.05, 0) is 25.8 Å². The predicted octanol–water partition coefficient (Wildman–Crippen LogP) is 0.699. The number of likely N-dealkylation sites (N-methyl/N-ethyl adjacent to an activating group) is 1. The molecule has 1 fully saturated rings. The lowest BCUT2D eigenvalue weighted by molar-refractivity contribution is 0.445. The lowest BCUT2D eigenvalue weighted by Crippen LogP contribution is -2.36. The minimum atomic E-state index is -0.0130. The first kappa shape index (κ1) is 13.1. The molecule has 18 heavy (non-hydrogen) atoms. The molecule has 1 unspecified atom stereocenters. The van der Waals surface area contributed by atoms with E-state index in [4.69, 9.17) is 0 Å². The summed E-state index contributed by atoms with van der Waals surface area (Å²) in [6, 6.07) is 1.71. The zero-order valence-corrected chi connectivity index (χ0v) is 11.2. The van der Waals surface area contributed by atoms with E-state index in [1.54, 1.807) is 6.07 Å². The highest BCUT2D eigenvalue weighted by molar-refractivity contribution is 5.43. The summed E-state index contributed by atoms with van der Waals surface area (Å²) in [5, 5.41) is 7.26. The van der Waals surface area contributed by atoms with E-state index in [1.807, 2.05) is 13.2 Å². The van der Waals surface area contributed by atoms with Crippen LogP contribution in [0.2, 0.25) is 0 Å². The molecule has 1 saturated heterocycles. The Balaban J connectivity index is 2.10. The first-order valence-electron chi connectivity index (χ1n) is 6.67. The maximum Gasteiger partial charge on any atom is 0.268 e. The molecule has 2 rings (SSSR count). The Bertz CT molecular complexity index is 443. The quantitative estimate of drug-likeness (QED) is 0.854. The summed E-state index contributed by atoms with van der Waals surface area (Å²) in [7, 11) is 1.87. The molecular weight excluding hydrogens is 228 g/mol. The molecule has 5 heteroatoms. The smallest absolute Gasteiger partial charge is 0.268 e. The van der Waals surface area contributed by atoms with Gasteiger partial charge in [-0.2, -0.15) is 5.10 Å². The van der Waals surface area contributed by atoms with Crippen molar-refractivity contribution in [2.24, 2.45) is 5.92 Å². The summed E-state index contributed by atoms with van der Waals surface area (Å²) < 4.78 is 1.51. The van der Waals surface area contributed by atoms with Gasteiger partial charge in [0.05, 0.1) is 18.4 Å². The molecule has 2 heterocycles. The van der Waals surface area contributed by atoms with Crippen LogP contribution in [0.3, 0.4) is 0 Å². The molecule has 1 N–H and O–H groups in total. The summed E-state index contributed by atoms with van der Waals surface area (Å²) in [4.78, 5) is 14.2. The summed E-state index contributed by atoms with van der Waals surface area (Å²) in [6.07, 6.45) is 4.29. The van der Waals surface area contributed by atoms with Crippen LogP contribution in [0, 0.1) is 5.92 Å². The Labute approximate surface area is 108 Å². The first-order chi connectivity index (χ1) is 8.70. The molecule has 0 spiro atoms. The van der Waals surface area contributed by atoms with Crippen LogP contribution in [0.25, 0.3) is 0 Å². The fourth-order valence-electron chi connectivity index (χ4n) is 2.41. The monoisotopic (exact) mass is 250 g/mol. The third-order valence-corrected chi connectivity index (χ3v) is 3.45. The van der Waals surface area contributed by atoms with Crippen molar-refractivity contribution in [1.29, 1.82) is 0 Å². The van der Waals surface area contributed by atoms with Crippen molar-refractivity contribution >= 4 is 5.69 Å². The third-order valence-electron chi connectivity index (χ3n) is 3.45. The van der Waals surface area contributed by atoms with Gasteiger partial charge in [0.25, 0.3) is 5.56 Å². The molecule has 0 radical (unpaired) electrons. The van der Waals surface area contributed by atoms with E-state index in [2.05, 4.69) is 22.2 Å². The van der Waals surface area contributed by atoms with Crippen LogP contribution in [-0.4, -0.2) is 36.5 Å². The minimum Gasteiger partial charge on any atom is -0.370 e. The van der Waals surface area contributed by atoms with Gasteiger partial charge in [-0.15, -0.1) is 0 Å². The van der Waals surface area contributed by atoms with Crippen molar-refractivity contribution in [2.75, 3.05) is 31.6 Å². The van der Waals surface area contributed by atoms with Crippen LogP contribution in [0.15, 0.2) is 17.1 Å². The number of rotatable bonds is 4. The summed E-state index contributed by atoms with van der Waals surface area (Å²) in [5.41, 5.74) is 0.952. The Morgan fingerprint density at radius 2 is 2.39 bits per heavy atom. The number of nitrogens with zero attached hydrogens (tertiary/aromatic N) is 3. The van der Waals surface area contributed by atoms with Crippen molar-refractivity contribution in [2.45, 2.75) is 26.3 Å². The zero-order chi connectivity index (χ0) is 13.0. The number of anilines is 1. The maximum atomic E-state index is 11.9. The number of hydrogen-bond acceptors (Lipinski definition) is 4. The molecule has 0 aromatic carbocycles. The van der Waals surface area contributed by atoms with Gasteiger partial charge in [0, 0.05) is 25.7 Å². The van der Waals surface area contributed by atoms with Gasteiger partial charge in [-0.25, -0.2) is 4.68 Å². The van der Waals surface area contributed by atoms with Crippen molar-refractivity contribution in [3.63, 3.8) is 0 Å². The Morgan fingerprint density at radius 3 is 3.06 bits per heavy atom. The standard InChI is InChI=1S/C13H22N4O/c1-11-4-3-6-16(10-11)12-8-13(18)17(15-9-12)7-5-14-2/h8-9,11,14H,3-7,10H2,1-2H3. The van der Waals surface area contributed by atoms with Gasteiger partial charge >= 0.3 is 0 Å². The van der Waals surface area contributed by atoms with E-state index in [1.165, 1.54) is 17.5 Å². The molecule has 1 aliphatic heterocycles. The average Bonchev–Trinajstić information content (AvgIpc) is 2.37. The number of nitrogens with one attached hydrogen (secondary N) is 1. The van der Waals surface area contributed by atoms with Crippen molar-refractivity contribution in [3.05, 3.63) is 22.6 Å². The fraction of sp³-hybridized carbons (Fsp3) is 0.692. The van der Waals surface area contributed by atoms with Gasteiger partial charge in [0.1, 0.15) is 0 Å². The SMILES string of the molecule is CNCCn1ncc(N2CCCC(C)C2)cc1=O. The molecule has 0 aliphatic carbocycles. The molecule has 5 nitrogen and oxygen atoms in total. The van der Waals surface area contributed by atoms with Crippen molar-refractivity contribution in [1.82, 2.24) is 15.1 Å². The molecular formula is C13H22N4O. The highest BCUT2D eigenvalue weighted by Gasteiger charge is 2.17. The fourth-order valence-corrected chi connectivity index (χ4v) is 2.41. The Hall–Kier alpha value is -1.36. The topological polar surface area (TPSA) is 50.2 Å². The van der Waals surface area contributed by atoms with Gasteiger partial charge in [0.2, 0.25) is 0 Å². The number of aromatic nitrogens is 2. The van der Waals surface area contributed by atoms with E-state index < -0.39 is 0 Å². The van der Waals surface area contributed by atoms with E-state index in [-0.39, 0.29) is 5.56 Å². The summed E-state index contributed by atoms with van der Waals surface area (Å²) in [5.74, 6) is 0.700. The molecule has 1 atom stereocenters. The Morgan fingerprint density at radius 1 is 1.56 bits per heavy atom. The minimum absolute atomic E-state index is 0.0130. The molecule has 0 amide bonds. The summed E-state index contributed by atoms with van der Waals surface area (Å²) >= 11 is 0. The normalized spacial score (nSPS) is 20.1. The van der Waals surface area contributed by atoms with Crippen LogP contribution >= 0.6 is 0 Å². The van der Waals surface area contributed by atoms with E-state index in [0.29, 0.717) is 12.5 Å². The molecule has 1 aromatic heterocycles. The second-order valence-corrected chi connectivity index (χ2v) is 5.07. The van der Waals surface area contributed by atoms with E-state index in [9.17, 15) is 4.79 Å². The maximum absolute atomic E-state index is 11.9. The van der Waals surface area contributed by atoms with Crippen molar-refractivity contribution < 1.29 is 0 Å². The summed E-state index contributed by atoms with van der Waals surface area (Å²) in [6.45, 7) is 5.69. The van der Waals surface area contributed by atoms with Crippen LogP contribution in [0.4, 0.5) is 5.69 Å². The van der Waals surface area contributed by atoms with Gasteiger partial charge in [-0.1, -0.05) is 6.92 Å². The van der Waals surface area contributed by atoms with Crippen LogP contribution in [0.1, 0.15) is 19.8 Å². The van der Waals surface area contributed by atoms with Gasteiger partial charge < -0.3 is 10.2 Å². The Kier molecular flexibility index (Phi) is 4.36. The predicted molar refractivity (Wildman–Crippen MR) is 73.0 cm³/mol. The van der Waals surface area contributed by atoms with Gasteiger partial charge in [-0.3, -0.25) is 4.79 Å². The van der Waals surface area contributed by atoms with Crippen molar-refractivity contribution in [3.8, 4) is 0 Å². The average molecular weight is 250 g/mol. The largest absolute Gasteiger partial charge is 0.370 e. The molecule has 1 aromatic rings. The zero-order valence-electron chi connectivity index (χ0n) is 11.2. The van der Waals surface area contributed by atoms with E-state index >= 15 is 0 Å². The van der Waals surface area contributed by atoms with Crippen LogP contribution in [-0.2, 0) is 6.54 Å². The third kappa shape index (κ3) is 3.10. The first-order valence-corrected chi connectivity index (χ1v) is 6.67. The molecule has 0 bridgehead atoms. The number of hydrogen-bond donors (Lipinski definition) is 1. The lowest BCUT2D eigenvalue weighted by Gasteiger charge is -2.32. The highest BCUT2D eigenvalue weighted by Crippen LogP contribution is 2.20. The molecule has 0 saturated carbocycles. The van der Waals surface area contributed by atoms with Crippen LogP contribution in [0.5, 0.6) is 0 Å². The second kappa shape index (κ2) is 6.00. The molecule has 1 aliphatic rings. The van der Waals surface area contributed by atoms with Gasteiger partial charge in [0.15, 0.2) is 0 Å². The van der Waals surface area contributed by atoms with Crippen LogP contribution < -0.4 is 15.8 Å². The molecule has 100 valence electrons. The van der Waals surface area contributed by atoms with E-state index in [0.717, 1.165) is 25.3 Å². The lowest BCUT2D eigenvalue weighted by atomic mass is 10.00. The second-order valence-electron chi connectivity index (χ2n) is 5.07.